The van der Waals surface area contributed by atoms with E-state index >= 15 is 0 Å². The Balaban J connectivity index is 2.12. The predicted molar refractivity (Wildman–Crippen MR) is 87.2 cm³/mol. The van der Waals surface area contributed by atoms with E-state index in [1.807, 2.05) is 18.2 Å². The molecule has 0 amide bonds. The van der Waals surface area contributed by atoms with Crippen LogP contribution in [0, 0.1) is 11.3 Å². The van der Waals surface area contributed by atoms with Crippen LogP contribution >= 0.6 is 11.6 Å². The van der Waals surface area contributed by atoms with Crippen molar-refractivity contribution in [1.82, 2.24) is 4.98 Å². The molecule has 0 saturated carbocycles. The number of nitrogens with zero attached hydrogens (tertiary/aromatic N) is 3. The third-order valence-electron chi connectivity index (χ3n) is 3.33. The molecule has 0 aliphatic carbocycles. The first kappa shape index (κ1) is 16.1. The highest BCUT2D eigenvalue weighted by Gasteiger charge is 2.18. The number of oxazole rings is 1. The van der Waals surface area contributed by atoms with Crippen molar-refractivity contribution in [2.45, 2.75) is 32.6 Å². The van der Waals surface area contributed by atoms with Crippen molar-refractivity contribution in [3.8, 4) is 6.07 Å². The standard InChI is InChI=1S/C16H17ClN4O/c1-3-12(4-2)15-20-14(9-18)16(22-15)21-19-10-11-5-7-13(17)8-6-11/h5-8,10,12,21H,3-4H2,1-2H3. The van der Waals surface area contributed by atoms with Crippen LogP contribution in [0.4, 0.5) is 5.88 Å². The van der Waals surface area contributed by atoms with Crippen molar-refractivity contribution < 1.29 is 4.42 Å². The fraction of sp³-hybridized carbons (Fsp3) is 0.312. The van der Waals surface area contributed by atoms with Gasteiger partial charge in [-0.25, -0.2) is 10.4 Å². The Morgan fingerprint density at radius 2 is 2.05 bits per heavy atom. The van der Waals surface area contributed by atoms with Gasteiger partial charge in [0.2, 0.25) is 11.6 Å². The Morgan fingerprint density at radius 3 is 2.64 bits per heavy atom. The Labute approximate surface area is 134 Å². The molecule has 0 bridgehead atoms. The zero-order valence-corrected chi connectivity index (χ0v) is 13.3. The van der Waals surface area contributed by atoms with Gasteiger partial charge in [-0.3, -0.25) is 0 Å². The smallest absolute Gasteiger partial charge is 0.252 e. The first-order valence-corrected chi connectivity index (χ1v) is 7.51. The van der Waals surface area contributed by atoms with E-state index in [1.165, 1.54) is 0 Å². The molecular weight excluding hydrogens is 300 g/mol. The third-order valence-corrected chi connectivity index (χ3v) is 3.59. The summed E-state index contributed by atoms with van der Waals surface area (Å²) in [4.78, 5) is 4.23. The molecule has 5 nitrogen and oxygen atoms in total. The molecule has 2 rings (SSSR count). The van der Waals surface area contributed by atoms with E-state index in [4.69, 9.17) is 21.3 Å². The molecule has 0 unspecified atom stereocenters. The summed E-state index contributed by atoms with van der Waals surface area (Å²) in [7, 11) is 0. The molecule has 22 heavy (non-hydrogen) atoms. The molecule has 0 radical (unpaired) electrons. The zero-order chi connectivity index (χ0) is 15.9. The lowest BCUT2D eigenvalue weighted by atomic mass is 10.0. The number of aromatic nitrogens is 1. The Bertz CT molecular complexity index is 681. The number of halogens is 1. The van der Waals surface area contributed by atoms with Crippen LogP contribution in [0.3, 0.4) is 0 Å². The molecule has 2 aromatic rings. The zero-order valence-electron chi connectivity index (χ0n) is 12.5. The summed E-state index contributed by atoms with van der Waals surface area (Å²) >= 11 is 5.82. The average Bonchev–Trinajstić information content (AvgIpc) is 2.94. The fourth-order valence-corrected chi connectivity index (χ4v) is 2.14. The summed E-state index contributed by atoms with van der Waals surface area (Å²) in [6.07, 6.45) is 3.45. The van der Waals surface area contributed by atoms with Gasteiger partial charge in [0.1, 0.15) is 6.07 Å². The summed E-state index contributed by atoms with van der Waals surface area (Å²) in [6.45, 7) is 4.13. The van der Waals surface area contributed by atoms with Crippen molar-refractivity contribution in [1.29, 1.82) is 5.26 Å². The molecule has 114 valence electrons. The molecule has 1 N–H and O–H groups in total. The van der Waals surface area contributed by atoms with Crippen molar-refractivity contribution >= 4 is 23.7 Å². The van der Waals surface area contributed by atoms with E-state index in [-0.39, 0.29) is 17.5 Å². The van der Waals surface area contributed by atoms with Crippen LogP contribution in [0.15, 0.2) is 33.8 Å². The summed E-state index contributed by atoms with van der Waals surface area (Å²) < 4.78 is 5.63. The maximum absolute atomic E-state index is 9.13. The molecule has 0 atom stereocenters. The SMILES string of the molecule is CCC(CC)c1nc(C#N)c(NN=Cc2ccc(Cl)cc2)o1. The largest absolute Gasteiger partial charge is 0.422 e. The summed E-state index contributed by atoms with van der Waals surface area (Å²) in [5.74, 6) is 1.06. The quantitative estimate of drug-likeness (QED) is 0.626. The molecule has 6 heteroatoms. The Kier molecular flexibility index (Phi) is 5.56. The number of rotatable bonds is 6. The molecule has 0 fully saturated rings. The second-order valence-corrected chi connectivity index (χ2v) is 5.21. The van der Waals surface area contributed by atoms with Crippen molar-refractivity contribution in [2.24, 2.45) is 5.10 Å². The molecular formula is C16H17ClN4O. The maximum Gasteiger partial charge on any atom is 0.252 e. The maximum atomic E-state index is 9.13. The highest BCUT2D eigenvalue weighted by atomic mass is 35.5. The second kappa shape index (κ2) is 7.62. The van der Waals surface area contributed by atoms with E-state index in [0.717, 1.165) is 18.4 Å². The van der Waals surface area contributed by atoms with Crippen LogP contribution in [0.1, 0.15) is 49.8 Å². The minimum Gasteiger partial charge on any atom is -0.422 e. The van der Waals surface area contributed by atoms with Crippen molar-refractivity contribution in [2.75, 3.05) is 5.43 Å². The van der Waals surface area contributed by atoms with Gasteiger partial charge in [0, 0.05) is 10.9 Å². The third kappa shape index (κ3) is 3.86. The van der Waals surface area contributed by atoms with Gasteiger partial charge in [0.15, 0.2) is 0 Å². The number of benzene rings is 1. The van der Waals surface area contributed by atoms with Gasteiger partial charge in [-0.2, -0.15) is 10.4 Å². The minimum atomic E-state index is 0.211. The highest BCUT2D eigenvalue weighted by Crippen LogP contribution is 2.27. The van der Waals surface area contributed by atoms with Crippen LogP contribution in [0.2, 0.25) is 5.02 Å². The summed E-state index contributed by atoms with van der Waals surface area (Å²) in [5, 5.41) is 13.9. The number of anilines is 1. The lowest BCUT2D eigenvalue weighted by Crippen LogP contribution is -1.95. The van der Waals surface area contributed by atoms with Gasteiger partial charge in [-0.15, -0.1) is 0 Å². The minimum absolute atomic E-state index is 0.211. The van der Waals surface area contributed by atoms with Crippen LogP contribution in [0.5, 0.6) is 0 Å². The number of hydrazone groups is 1. The summed E-state index contributed by atoms with van der Waals surface area (Å²) in [5.41, 5.74) is 3.84. The van der Waals surface area contributed by atoms with Gasteiger partial charge in [0.05, 0.1) is 6.21 Å². The normalized spacial score (nSPS) is 11.0. The number of nitriles is 1. The monoisotopic (exact) mass is 316 g/mol. The number of hydrogen-bond acceptors (Lipinski definition) is 5. The van der Waals surface area contributed by atoms with Crippen molar-refractivity contribution in [3.63, 3.8) is 0 Å². The Morgan fingerprint density at radius 1 is 1.36 bits per heavy atom. The molecule has 0 spiro atoms. The number of nitrogens with one attached hydrogen (secondary N) is 1. The molecule has 0 aliphatic rings. The molecule has 0 aliphatic heterocycles. The molecule has 1 heterocycles. The van der Waals surface area contributed by atoms with E-state index in [1.54, 1.807) is 18.3 Å². The summed E-state index contributed by atoms with van der Waals surface area (Å²) in [6, 6.07) is 9.26. The Hall–Kier alpha value is -2.32. The highest BCUT2D eigenvalue weighted by molar-refractivity contribution is 6.30. The number of hydrogen-bond donors (Lipinski definition) is 1. The topological polar surface area (TPSA) is 74.2 Å². The lowest BCUT2D eigenvalue weighted by Gasteiger charge is -2.05. The van der Waals surface area contributed by atoms with Gasteiger partial charge in [-0.1, -0.05) is 37.6 Å². The van der Waals surface area contributed by atoms with Crippen LogP contribution in [-0.4, -0.2) is 11.2 Å². The second-order valence-electron chi connectivity index (χ2n) is 4.78. The van der Waals surface area contributed by atoms with Crippen LogP contribution in [0.25, 0.3) is 0 Å². The van der Waals surface area contributed by atoms with Crippen molar-refractivity contribution in [3.05, 3.63) is 46.4 Å². The van der Waals surface area contributed by atoms with E-state index in [2.05, 4.69) is 29.4 Å². The predicted octanol–water partition coefficient (Wildman–Crippen LogP) is 4.55. The van der Waals surface area contributed by atoms with E-state index in [0.29, 0.717) is 10.9 Å². The molecule has 0 saturated heterocycles. The van der Waals surface area contributed by atoms with Crippen LogP contribution in [-0.2, 0) is 0 Å². The van der Waals surface area contributed by atoms with Gasteiger partial charge in [0.25, 0.3) is 5.88 Å². The fourth-order valence-electron chi connectivity index (χ4n) is 2.02. The average molecular weight is 317 g/mol. The van der Waals surface area contributed by atoms with Gasteiger partial charge < -0.3 is 4.42 Å². The first-order chi connectivity index (χ1) is 10.7. The van der Waals surface area contributed by atoms with Crippen LogP contribution < -0.4 is 5.43 Å². The lowest BCUT2D eigenvalue weighted by molar-refractivity contribution is 0.439. The van der Waals surface area contributed by atoms with Gasteiger partial charge >= 0.3 is 0 Å². The van der Waals surface area contributed by atoms with E-state index in [9.17, 15) is 0 Å². The first-order valence-electron chi connectivity index (χ1n) is 7.13. The van der Waals surface area contributed by atoms with E-state index < -0.39 is 0 Å². The van der Waals surface area contributed by atoms with Gasteiger partial charge in [-0.05, 0) is 30.5 Å². The molecule has 1 aromatic heterocycles. The molecule has 1 aromatic carbocycles.